The zero-order valence-corrected chi connectivity index (χ0v) is 21.3. The van der Waals surface area contributed by atoms with Crippen LogP contribution in [0.15, 0.2) is 53.1 Å². The van der Waals surface area contributed by atoms with E-state index in [2.05, 4.69) is 40.1 Å². The van der Waals surface area contributed by atoms with Crippen LogP contribution in [0, 0.1) is 5.92 Å². The molecule has 0 unspecified atom stereocenters. The minimum Gasteiger partial charge on any atom is -0.349 e. The summed E-state index contributed by atoms with van der Waals surface area (Å²) in [6, 6.07) is 13.3. The number of aromatic nitrogens is 2. The van der Waals surface area contributed by atoms with Crippen LogP contribution >= 0.6 is 39.1 Å². The summed E-state index contributed by atoms with van der Waals surface area (Å²) < 4.78 is 0.987. The van der Waals surface area contributed by atoms with E-state index in [1.165, 1.54) is 0 Å². The fourth-order valence-electron chi connectivity index (χ4n) is 3.65. The minimum atomic E-state index is 0.0252. The van der Waals surface area contributed by atoms with Crippen molar-refractivity contribution in [3.63, 3.8) is 0 Å². The SMILES string of the molecule is CCCC(CCC)C(=O)NCc1ncc(-c2ccc(Br)cc2)c(-c2ccc(Cl)cc2Cl)n1. The molecule has 168 valence electrons. The molecule has 1 aromatic heterocycles. The molecule has 0 saturated carbocycles. The Morgan fingerprint density at radius 1 is 1.03 bits per heavy atom. The largest absolute Gasteiger partial charge is 0.349 e. The monoisotopic (exact) mass is 533 g/mol. The molecule has 4 nitrogen and oxygen atoms in total. The van der Waals surface area contributed by atoms with Gasteiger partial charge in [0.15, 0.2) is 0 Å². The highest BCUT2D eigenvalue weighted by Crippen LogP contribution is 2.36. The second kappa shape index (κ2) is 11.8. The lowest BCUT2D eigenvalue weighted by Gasteiger charge is -2.16. The number of rotatable bonds is 9. The number of amides is 1. The normalized spacial score (nSPS) is 11.1. The van der Waals surface area contributed by atoms with Crippen molar-refractivity contribution >= 4 is 45.0 Å². The number of nitrogens with zero attached hydrogens (tertiary/aromatic N) is 2. The van der Waals surface area contributed by atoms with Crippen LogP contribution in [-0.2, 0) is 11.3 Å². The number of carbonyl (C=O) groups excluding carboxylic acids is 1. The summed E-state index contributed by atoms with van der Waals surface area (Å²) in [4.78, 5) is 22.0. The van der Waals surface area contributed by atoms with Gasteiger partial charge in [0.2, 0.25) is 5.91 Å². The van der Waals surface area contributed by atoms with Crippen molar-refractivity contribution in [3.05, 3.63) is 69.0 Å². The Balaban J connectivity index is 1.94. The summed E-state index contributed by atoms with van der Waals surface area (Å²) in [7, 11) is 0. The summed E-state index contributed by atoms with van der Waals surface area (Å²) >= 11 is 16.1. The minimum absolute atomic E-state index is 0.0252. The number of hydrogen-bond acceptors (Lipinski definition) is 3. The van der Waals surface area contributed by atoms with Crippen LogP contribution < -0.4 is 5.32 Å². The van der Waals surface area contributed by atoms with Crippen molar-refractivity contribution in [1.29, 1.82) is 0 Å². The third kappa shape index (κ3) is 6.31. The Hall–Kier alpha value is -1.95. The molecule has 1 N–H and O–H groups in total. The van der Waals surface area contributed by atoms with Crippen LogP contribution in [0.4, 0.5) is 0 Å². The summed E-state index contributed by atoms with van der Waals surface area (Å²) in [5.74, 6) is 0.615. The standard InChI is InChI=1S/C25H26BrCl2N3O/c1-3-5-17(6-4-2)25(32)30-15-23-29-14-21(16-7-9-18(26)10-8-16)24(31-23)20-12-11-19(27)13-22(20)28/h7-14,17H,3-6,15H2,1-2H3,(H,30,32). The summed E-state index contributed by atoms with van der Waals surface area (Å²) in [5, 5.41) is 4.08. The van der Waals surface area contributed by atoms with Crippen molar-refractivity contribution in [2.75, 3.05) is 0 Å². The van der Waals surface area contributed by atoms with Crippen molar-refractivity contribution in [2.45, 2.75) is 46.1 Å². The van der Waals surface area contributed by atoms with E-state index >= 15 is 0 Å². The third-order valence-corrected chi connectivity index (χ3v) is 6.32. The van der Waals surface area contributed by atoms with Gasteiger partial charge in [0, 0.05) is 32.7 Å². The number of carbonyl (C=O) groups is 1. The molecule has 0 aliphatic rings. The number of halogens is 3. The van der Waals surface area contributed by atoms with Gasteiger partial charge in [-0.15, -0.1) is 0 Å². The Labute approximate surface area is 207 Å². The fraction of sp³-hybridized carbons (Fsp3) is 0.320. The van der Waals surface area contributed by atoms with E-state index in [-0.39, 0.29) is 18.4 Å². The first-order valence-electron chi connectivity index (χ1n) is 10.8. The van der Waals surface area contributed by atoms with Gasteiger partial charge in [0.05, 0.1) is 17.3 Å². The van der Waals surface area contributed by atoms with E-state index in [9.17, 15) is 4.79 Å². The smallest absolute Gasteiger partial charge is 0.223 e. The molecule has 0 fully saturated rings. The second-order valence-corrected chi connectivity index (χ2v) is 9.43. The molecule has 3 rings (SSSR count). The van der Waals surface area contributed by atoms with Gasteiger partial charge < -0.3 is 5.32 Å². The Bertz CT molecular complexity index is 1070. The third-order valence-electron chi connectivity index (χ3n) is 5.25. The van der Waals surface area contributed by atoms with E-state index in [0.29, 0.717) is 21.6 Å². The average molecular weight is 535 g/mol. The molecule has 3 aromatic rings. The predicted octanol–water partition coefficient (Wildman–Crippen LogP) is 7.71. The van der Waals surface area contributed by atoms with E-state index < -0.39 is 0 Å². The molecule has 1 heterocycles. The Morgan fingerprint density at radius 2 is 1.72 bits per heavy atom. The van der Waals surface area contributed by atoms with Crippen molar-refractivity contribution in [1.82, 2.24) is 15.3 Å². The number of benzene rings is 2. The molecule has 1 amide bonds. The van der Waals surface area contributed by atoms with Crippen LogP contribution in [-0.4, -0.2) is 15.9 Å². The van der Waals surface area contributed by atoms with Crippen LogP contribution in [0.3, 0.4) is 0 Å². The zero-order chi connectivity index (χ0) is 23.1. The van der Waals surface area contributed by atoms with E-state index in [0.717, 1.165) is 46.8 Å². The molecule has 0 aliphatic carbocycles. The van der Waals surface area contributed by atoms with Crippen LogP contribution in [0.5, 0.6) is 0 Å². The van der Waals surface area contributed by atoms with Gasteiger partial charge in [-0.1, -0.05) is 78.0 Å². The molecule has 0 saturated heterocycles. The first kappa shape index (κ1) is 24.7. The van der Waals surface area contributed by atoms with E-state index in [1.807, 2.05) is 30.3 Å². The number of nitrogens with one attached hydrogen (secondary N) is 1. The van der Waals surface area contributed by atoms with E-state index in [4.69, 9.17) is 28.2 Å². The van der Waals surface area contributed by atoms with Crippen LogP contribution in [0.25, 0.3) is 22.4 Å². The zero-order valence-electron chi connectivity index (χ0n) is 18.2. The summed E-state index contributed by atoms with van der Waals surface area (Å²) in [6.45, 7) is 4.46. The van der Waals surface area contributed by atoms with Gasteiger partial charge in [0.1, 0.15) is 5.82 Å². The van der Waals surface area contributed by atoms with Gasteiger partial charge >= 0.3 is 0 Å². The topological polar surface area (TPSA) is 54.9 Å². The van der Waals surface area contributed by atoms with E-state index in [1.54, 1.807) is 18.3 Å². The molecule has 0 bridgehead atoms. The maximum absolute atomic E-state index is 12.7. The highest BCUT2D eigenvalue weighted by Gasteiger charge is 2.18. The number of hydrogen-bond donors (Lipinski definition) is 1. The molecule has 0 atom stereocenters. The molecule has 2 aromatic carbocycles. The lowest BCUT2D eigenvalue weighted by atomic mass is 9.97. The van der Waals surface area contributed by atoms with Crippen molar-refractivity contribution < 1.29 is 4.79 Å². The highest BCUT2D eigenvalue weighted by atomic mass is 79.9. The van der Waals surface area contributed by atoms with Gasteiger partial charge in [-0.2, -0.15) is 0 Å². The summed E-state index contributed by atoms with van der Waals surface area (Å²) in [5.41, 5.74) is 3.29. The maximum Gasteiger partial charge on any atom is 0.223 e. The first-order valence-corrected chi connectivity index (χ1v) is 12.3. The second-order valence-electron chi connectivity index (χ2n) is 7.67. The Morgan fingerprint density at radius 3 is 2.34 bits per heavy atom. The molecule has 0 aliphatic heterocycles. The Kier molecular flexibility index (Phi) is 9.09. The molecule has 0 radical (unpaired) electrons. The molecule has 32 heavy (non-hydrogen) atoms. The first-order chi connectivity index (χ1) is 15.4. The van der Waals surface area contributed by atoms with Crippen LogP contribution in [0.1, 0.15) is 45.4 Å². The lowest BCUT2D eigenvalue weighted by Crippen LogP contribution is -2.31. The van der Waals surface area contributed by atoms with Gasteiger partial charge in [0.25, 0.3) is 0 Å². The molecule has 0 spiro atoms. The lowest BCUT2D eigenvalue weighted by molar-refractivity contribution is -0.125. The van der Waals surface area contributed by atoms with Gasteiger partial charge in [-0.25, -0.2) is 9.97 Å². The van der Waals surface area contributed by atoms with Gasteiger partial charge in [-0.3, -0.25) is 4.79 Å². The fourth-order valence-corrected chi connectivity index (χ4v) is 4.41. The van der Waals surface area contributed by atoms with Crippen molar-refractivity contribution in [2.24, 2.45) is 5.92 Å². The quantitative estimate of drug-likeness (QED) is 0.305. The maximum atomic E-state index is 12.7. The summed E-state index contributed by atoms with van der Waals surface area (Å²) in [6.07, 6.45) is 5.52. The average Bonchev–Trinajstić information content (AvgIpc) is 2.78. The van der Waals surface area contributed by atoms with Gasteiger partial charge in [-0.05, 0) is 48.7 Å². The highest BCUT2D eigenvalue weighted by molar-refractivity contribution is 9.10. The molecular formula is C25H26BrCl2N3O. The predicted molar refractivity (Wildman–Crippen MR) is 136 cm³/mol. The van der Waals surface area contributed by atoms with Crippen molar-refractivity contribution in [3.8, 4) is 22.4 Å². The van der Waals surface area contributed by atoms with Crippen LogP contribution in [0.2, 0.25) is 10.0 Å². The molecular weight excluding hydrogens is 509 g/mol. The molecule has 7 heteroatoms.